The molecule has 1 aromatic carbocycles. The van der Waals surface area contributed by atoms with E-state index in [4.69, 9.17) is 12.2 Å². The second-order valence-electron chi connectivity index (χ2n) is 4.18. The molecule has 6 heteroatoms. The van der Waals surface area contributed by atoms with Crippen LogP contribution in [0.15, 0.2) is 30.3 Å². The predicted molar refractivity (Wildman–Crippen MR) is 76.5 cm³/mol. The fraction of sp³-hybridized carbons (Fsp3) is 0.333. The van der Waals surface area contributed by atoms with Gasteiger partial charge in [0.1, 0.15) is 0 Å². The molecule has 0 fully saturated rings. The van der Waals surface area contributed by atoms with Crippen LogP contribution in [0, 0.1) is 4.77 Å². The number of nitrogens with one attached hydrogen (secondary N) is 1. The summed E-state index contributed by atoms with van der Waals surface area (Å²) in [6, 6.07) is 9.89. The van der Waals surface area contributed by atoms with Crippen LogP contribution >= 0.6 is 12.2 Å². The molecular formula is C12H15N3OS2. The normalized spacial score (nSPS) is 14.3. The number of aromatic nitrogens is 3. The smallest absolute Gasteiger partial charge is 0.195 e. The average molecular weight is 281 g/mol. The summed E-state index contributed by atoms with van der Waals surface area (Å²) in [6.45, 7) is 2.00. The Balaban J connectivity index is 2.45. The van der Waals surface area contributed by atoms with Gasteiger partial charge in [0, 0.05) is 34.4 Å². The minimum atomic E-state index is -0.862. The Morgan fingerprint density at radius 1 is 1.44 bits per heavy atom. The van der Waals surface area contributed by atoms with Crippen molar-refractivity contribution in [2.45, 2.75) is 13.0 Å². The molecule has 4 nitrogen and oxygen atoms in total. The van der Waals surface area contributed by atoms with E-state index >= 15 is 0 Å². The Labute approximate surface area is 114 Å². The maximum Gasteiger partial charge on any atom is 0.195 e. The van der Waals surface area contributed by atoms with Gasteiger partial charge in [-0.15, -0.1) is 0 Å². The van der Waals surface area contributed by atoms with Crippen LogP contribution in [0.1, 0.15) is 13.0 Å². The molecule has 0 saturated carbocycles. The van der Waals surface area contributed by atoms with Crippen molar-refractivity contribution in [1.29, 1.82) is 0 Å². The van der Waals surface area contributed by atoms with E-state index in [1.165, 1.54) is 0 Å². The van der Waals surface area contributed by atoms with Crippen molar-refractivity contribution in [1.82, 2.24) is 14.8 Å². The fourth-order valence-corrected chi connectivity index (χ4v) is 3.06. The molecule has 2 atom stereocenters. The van der Waals surface area contributed by atoms with Gasteiger partial charge < -0.3 is 0 Å². The third kappa shape index (κ3) is 2.76. The highest BCUT2D eigenvalue weighted by Crippen LogP contribution is 2.21. The van der Waals surface area contributed by atoms with Gasteiger partial charge >= 0.3 is 0 Å². The maximum absolute atomic E-state index is 11.3. The molecule has 2 unspecified atom stereocenters. The van der Waals surface area contributed by atoms with E-state index in [1.54, 1.807) is 6.26 Å². The Bertz CT molecular complexity index is 603. The molecule has 0 aliphatic rings. The van der Waals surface area contributed by atoms with E-state index in [0.717, 1.165) is 11.4 Å². The molecule has 0 aliphatic heterocycles. The van der Waals surface area contributed by atoms with E-state index < -0.39 is 10.8 Å². The second-order valence-corrected chi connectivity index (χ2v) is 6.04. The van der Waals surface area contributed by atoms with Gasteiger partial charge in [0.05, 0.1) is 0 Å². The molecular weight excluding hydrogens is 266 g/mol. The van der Waals surface area contributed by atoms with Crippen LogP contribution in [0.25, 0.3) is 11.4 Å². The van der Waals surface area contributed by atoms with E-state index in [9.17, 15) is 4.21 Å². The third-order valence-corrected chi connectivity index (χ3v) is 3.89. The lowest BCUT2D eigenvalue weighted by Crippen LogP contribution is -2.14. The van der Waals surface area contributed by atoms with Crippen LogP contribution in [-0.4, -0.2) is 31.0 Å². The number of aromatic amines is 1. The van der Waals surface area contributed by atoms with Crippen LogP contribution in [0.2, 0.25) is 0 Å². The molecule has 0 aliphatic carbocycles. The molecule has 96 valence electrons. The lowest BCUT2D eigenvalue weighted by atomic mass is 10.2. The summed E-state index contributed by atoms with van der Waals surface area (Å²) in [5.41, 5.74) is 0.999. The van der Waals surface area contributed by atoms with Crippen molar-refractivity contribution in [2.75, 3.05) is 12.0 Å². The van der Waals surface area contributed by atoms with E-state index in [-0.39, 0.29) is 6.04 Å². The highest BCUT2D eigenvalue weighted by Gasteiger charge is 2.15. The zero-order valence-electron chi connectivity index (χ0n) is 10.3. The SMILES string of the molecule is CC(CS(C)=O)n1c(-c2ccccc2)n[nH]c1=S. The van der Waals surface area contributed by atoms with Crippen molar-refractivity contribution >= 4 is 23.0 Å². The first-order chi connectivity index (χ1) is 8.59. The fourth-order valence-electron chi connectivity index (χ4n) is 1.92. The topological polar surface area (TPSA) is 50.7 Å². The van der Waals surface area contributed by atoms with E-state index in [1.807, 2.05) is 41.8 Å². The van der Waals surface area contributed by atoms with Gasteiger partial charge in [0.25, 0.3) is 0 Å². The minimum absolute atomic E-state index is 0.0530. The van der Waals surface area contributed by atoms with Gasteiger partial charge in [-0.2, -0.15) is 5.10 Å². The molecule has 1 N–H and O–H groups in total. The molecule has 1 heterocycles. The van der Waals surface area contributed by atoms with Gasteiger partial charge in [0.15, 0.2) is 10.6 Å². The lowest BCUT2D eigenvalue weighted by molar-refractivity contribution is 0.594. The summed E-state index contributed by atoms with van der Waals surface area (Å²) < 4.78 is 13.8. The Kier molecular flexibility index (Phi) is 4.08. The molecule has 0 amide bonds. The van der Waals surface area contributed by atoms with Crippen LogP contribution in [-0.2, 0) is 10.8 Å². The quantitative estimate of drug-likeness (QED) is 0.876. The summed E-state index contributed by atoms with van der Waals surface area (Å²) in [6.07, 6.45) is 1.70. The van der Waals surface area contributed by atoms with Gasteiger partial charge in [-0.3, -0.25) is 13.9 Å². The summed E-state index contributed by atoms with van der Waals surface area (Å²) >= 11 is 5.25. The third-order valence-electron chi connectivity index (χ3n) is 2.65. The van der Waals surface area contributed by atoms with Crippen molar-refractivity contribution in [3.8, 4) is 11.4 Å². The second kappa shape index (κ2) is 5.58. The number of hydrogen-bond acceptors (Lipinski definition) is 3. The summed E-state index contributed by atoms with van der Waals surface area (Å²) in [5.74, 6) is 1.35. The van der Waals surface area contributed by atoms with Crippen LogP contribution in [0.5, 0.6) is 0 Å². The summed E-state index contributed by atoms with van der Waals surface area (Å²) in [4.78, 5) is 0. The largest absolute Gasteiger partial charge is 0.296 e. The first-order valence-corrected chi connectivity index (χ1v) is 7.75. The standard InChI is InChI=1S/C12H15N3OS2/c1-9(8-18(2)16)15-11(13-14-12(15)17)10-6-4-3-5-7-10/h3-7,9H,8H2,1-2H3,(H,14,17). The van der Waals surface area contributed by atoms with Gasteiger partial charge in [0.2, 0.25) is 0 Å². The maximum atomic E-state index is 11.3. The predicted octanol–water partition coefficient (Wildman–Crippen LogP) is 2.55. The van der Waals surface area contributed by atoms with Crippen LogP contribution in [0.4, 0.5) is 0 Å². The highest BCUT2D eigenvalue weighted by atomic mass is 32.2. The number of rotatable bonds is 4. The molecule has 0 radical (unpaired) electrons. The number of hydrogen-bond donors (Lipinski definition) is 1. The van der Waals surface area contributed by atoms with Gasteiger partial charge in [-0.25, -0.2) is 0 Å². The molecule has 0 saturated heterocycles. The van der Waals surface area contributed by atoms with Gasteiger partial charge in [-0.05, 0) is 19.1 Å². The van der Waals surface area contributed by atoms with Crippen LogP contribution in [0.3, 0.4) is 0 Å². The molecule has 0 spiro atoms. The molecule has 1 aromatic heterocycles. The molecule has 2 aromatic rings. The van der Waals surface area contributed by atoms with Crippen molar-refractivity contribution in [3.05, 3.63) is 35.1 Å². The Morgan fingerprint density at radius 3 is 2.72 bits per heavy atom. The Morgan fingerprint density at radius 2 is 2.11 bits per heavy atom. The molecule has 2 rings (SSSR count). The first kappa shape index (κ1) is 13.2. The summed E-state index contributed by atoms with van der Waals surface area (Å²) in [7, 11) is -0.862. The number of nitrogens with zero attached hydrogens (tertiary/aromatic N) is 2. The van der Waals surface area contributed by atoms with Crippen LogP contribution < -0.4 is 0 Å². The highest BCUT2D eigenvalue weighted by molar-refractivity contribution is 7.84. The van der Waals surface area contributed by atoms with E-state index in [2.05, 4.69) is 10.2 Å². The zero-order valence-corrected chi connectivity index (χ0v) is 11.9. The van der Waals surface area contributed by atoms with Crippen molar-refractivity contribution < 1.29 is 4.21 Å². The van der Waals surface area contributed by atoms with Crippen molar-refractivity contribution in [3.63, 3.8) is 0 Å². The van der Waals surface area contributed by atoms with E-state index in [0.29, 0.717) is 10.5 Å². The number of H-pyrrole nitrogens is 1. The Hall–Kier alpha value is -1.27. The average Bonchev–Trinajstić information content (AvgIpc) is 2.71. The monoisotopic (exact) mass is 281 g/mol. The minimum Gasteiger partial charge on any atom is -0.296 e. The molecule has 18 heavy (non-hydrogen) atoms. The summed E-state index contributed by atoms with van der Waals surface area (Å²) in [5, 5.41) is 7.07. The molecule has 0 bridgehead atoms. The first-order valence-electron chi connectivity index (χ1n) is 5.62. The zero-order chi connectivity index (χ0) is 13.1. The van der Waals surface area contributed by atoms with Gasteiger partial charge in [-0.1, -0.05) is 30.3 Å². The lowest BCUT2D eigenvalue weighted by Gasteiger charge is -2.14. The van der Waals surface area contributed by atoms with Crippen molar-refractivity contribution in [2.24, 2.45) is 0 Å². The number of benzene rings is 1.